The monoisotopic (exact) mass is 350 g/mol. The molecule has 0 spiro atoms. The van der Waals surface area contributed by atoms with Crippen LogP contribution in [0.1, 0.15) is 89.9 Å². The van der Waals surface area contributed by atoms with Crippen LogP contribution in [0.5, 0.6) is 0 Å². The fourth-order valence-electron chi connectivity index (χ4n) is 2.53. The van der Waals surface area contributed by atoms with Crippen LogP contribution in [0.4, 0.5) is 0 Å². The van der Waals surface area contributed by atoms with Gasteiger partial charge in [0.05, 0.1) is 12.9 Å². The van der Waals surface area contributed by atoms with Crippen molar-refractivity contribution in [2.24, 2.45) is 0 Å². The molecule has 0 heterocycles. The minimum Gasteiger partial charge on any atom is -0.481 e. The molecule has 0 fully saturated rings. The van der Waals surface area contributed by atoms with E-state index < -0.39 is 16.1 Å². The maximum atomic E-state index is 10.7. The number of carboxylic acid groups (broad SMARTS) is 1. The van der Waals surface area contributed by atoms with E-state index in [9.17, 15) is 13.2 Å². The number of rotatable bonds is 17. The highest BCUT2D eigenvalue weighted by Crippen LogP contribution is 2.13. The average Bonchev–Trinajstić information content (AvgIpc) is 2.45. The van der Waals surface area contributed by atoms with Crippen molar-refractivity contribution < 1.29 is 22.5 Å². The molecule has 0 atom stereocenters. The summed E-state index contributed by atoms with van der Waals surface area (Å²) in [4.78, 5) is 10.3. The van der Waals surface area contributed by atoms with Crippen molar-refractivity contribution in [3.63, 3.8) is 0 Å². The highest BCUT2D eigenvalue weighted by atomic mass is 32.2. The molecule has 0 unspecified atom stereocenters. The Morgan fingerprint density at radius 3 is 1.43 bits per heavy atom. The quantitative estimate of drug-likeness (QED) is 0.308. The summed E-state index contributed by atoms with van der Waals surface area (Å²) in [5.74, 6) is -0.687. The first-order valence-electron chi connectivity index (χ1n) is 8.98. The van der Waals surface area contributed by atoms with Crippen LogP contribution >= 0.6 is 0 Å². The third-order valence-electron chi connectivity index (χ3n) is 3.83. The van der Waals surface area contributed by atoms with Crippen molar-refractivity contribution in [1.82, 2.24) is 0 Å². The van der Waals surface area contributed by atoms with E-state index in [-0.39, 0.29) is 0 Å². The van der Waals surface area contributed by atoms with Gasteiger partial charge in [0.25, 0.3) is 10.1 Å². The van der Waals surface area contributed by atoms with Crippen LogP contribution < -0.4 is 0 Å². The van der Waals surface area contributed by atoms with Crippen molar-refractivity contribution >= 4 is 16.1 Å². The van der Waals surface area contributed by atoms with Gasteiger partial charge >= 0.3 is 5.97 Å². The SMILES string of the molecule is CS(=O)(=O)OCCCCCCCCCCCCCCCC(=O)O. The second-order valence-corrected chi connectivity index (χ2v) is 7.91. The maximum Gasteiger partial charge on any atom is 0.303 e. The predicted molar refractivity (Wildman–Crippen MR) is 93.1 cm³/mol. The fraction of sp³-hybridized carbons (Fsp3) is 0.941. The number of carboxylic acids is 1. The van der Waals surface area contributed by atoms with E-state index >= 15 is 0 Å². The fourth-order valence-corrected chi connectivity index (χ4v) is 2.95. The molecule has 0 aromatic rings. The zero-order valence-corrected chi connectivity index (χ0v) is 15.4. The summed E-state index contributed by atoms with van der Waals surface area (Å²) in [5.41, 5.74) is 0. The summed E-state index contributed by atoms with van der Waals surface area (Å²) < 4.78 is 26.2. The Kier molecular flexibility index (Phi) is 14.5. The first-order chi connectivity index (χ1) is 10.9. The molecule has 1 N–H and O–H groups in total. The lowest BCUT2D eigenvalue weighted by molar-refractivity contribution is -0.137. The Hall–Kier alpha value is -0.620. The molecule has 0 rings (SSSR count). The summed E-state index contributed by atoms with van der Waals surface area (Å²) in [5, 5.41) is 8.52. The normalized spacial score (nSPS) is 11.7. The molecule has 5 nitrogen and oxygen atoms in total. The smallest absolute Gasteiger partial charge is 0.303 e. The van der Waals surface area contributed by atoms with Gasteiger partial charge in [0.2, 0.25) is 0 Å². The van der Waals surface area contributed by atoms with Gasteiger partial charge in [0.15, 0.2) is 0 Å². The van der Waals surface area contributed by atoms with Gasteiger partial charge in [-0.25, -0.2) is 0 Å². The van der Waals surface area contributed by atoms with Crippen LogP contribution in [0.25, 0.3) is 0 Å². The molecule has 0 aliphatic rings. The predicted octanol–water partition coefficient (Wildman–Crippen LogP) is 4.51. The number of hydrogen-bond acceptors (Lipinski definition) is 4. The van der Waals surface area contributed by atoms with Crippen LogP contribution in [0.3, 0.4) is 0 Å². The molecule has 0 aliphatic carbocycles. The van der Waals surface area contributed by atoms with Gasteiger partial charge in [-0.3, -0.25) is 8.98 Å². The Bertz CT molecular complexity index is 378. The van der Waals surface area contributed by atoms with E-state index in [1.54, 1.807) is 0 Å². The van der Waals surface area contributed by atoms with Crippen LogP contribution in [0.15, 0.2) is 0 Å². The summed E-state index contributed by atoms with van der Waals surface area (Å²) >= 11 is 0. The molecular weight excluding hydrogens is 316 g/mol. The zero-order valence-electron chi connectivity index (χ0n) is 14.6. The van der Waals surface area contributed by atoms with Gasteiger partial charge in [0, 0.05) is 6.42 Å². The summed E-state index contributed by atoms with van der Waals surface area (Å²) in [7, 11) is -3.27. The highest BCUT2D eigenvalue weighted by Gasteiger charge is 2.00. The van der Waals surface area contributed by atoms with Crippen LogP contribution in [-0.2, 0) is 19.1 Å². The second-order valence-electron chi connectivity index (χ2n) is 6.27. The lowest BCUT2D eigenvalue weighted by Gasteiger charge is -2.03. The third kappa shape index (κ3) is 21.4. The minimum atomic E-state index is -3.27. The van der Waals surface area contributed by atoms with Gasteiger partial charge in [0.1, 0.15) is 0 Å². The second kappa shape index (κ2) is 14.9. The Labute approximate surface area is 141 Å². The first-order valence-corrected chi connectivity index (χ1v) is 10.8. The molecule has 0 aromatic heterocycles. The van der Waals surface area contributed by atoms with E-state index in [0.717, 1.165) is 44.8 Å². The van der Waals surface area contributed by atoms with Crippen LogP contribution in [-0.4, -0.2) is 32.4 Å². The topological polar surface area (TPSA) is 80.7 Å². The molecule has 0 aliphatic heterocycles. The van der Waals surface area contributed by atoms with E-state index in [1.807, 2.05) is 0 Å². The first kappa shape index (κ1) is 22.4. The summed E-state index contributed by atoms with van der Waals surface area (Å²) in [6.07, 6.45) is 16.2. The number of aliphatic carboxylic acids is 1. The number of unbranched alkanes of at least 4 members (excludes halogenated alkanes) is 12. The Balaban J connectivity index is 3.07. The van der Waals surface area contributed by atoms with Crippen LogP contribution in [0, 0.1) is 0 Å². The highest BCUT2D eigenvalue weighted by molar-refractivity contribution is 7.85. The molecule has 0 saturated heterocycles. The molecule has 0 radical (unpaired) electrons. The minimum absolute atomic E-state index is 0.306. The summed E-state index contributed by atoms with van der Waals surface area (Å²) in [6.45, 7) is 0.311. The molecule has 6 heteroatoms. The van der Waals surface area contributed by atoms with Gasteiger partial charge in [-0.1, -0.05) is 70.6 Å². The van der Waals surface area contributed by atoms with Gasteiger partial charge in [-0.05, 0) is 12.8 Å². The Morgan fingerprint density at radius 2 is 1.09 bits per heavy atom. The van der Waals surface area contributed by atoms with Crippen molar-refractivity contribution in [3.05, 3.63) is 0 Å². The lowest BCUT2D eigenvalue weighted by Crippen LogP contribution is -2.03. The van der Waals surface area contributed by atoms with Gasteiger partial charge in [-0.15, -0.1) is 0 Å². The maximum absolute atomic E-state index is 10.7. The molecule has 0 bridgehead atoms. The standard InChI is InChI=1S/C17H34O5S/c1-23(20,21)22-16-14-12-10-8-6-4-2-3-5-7-9-11-13-15-17(18)19/h2-16H2,1H3,(H,18,19). The summed E-state index contributed by atoms with van der Waals surface area (Å²) in [6, 6.07) is 0. The molecular formula is C17H34O5S. The lowest BCUT2D eigenvalue weighted by atomic mass is 10.0. The zero-order chi connectivity index (χ0) is 17.4. The van der Waals surface area contributed by atoms with Gasteiger partial charge < -0.3 is 5.11 Å². The van der Waals surface area contributed by atoms with E-state index in [4.69, 9.17) is 9.29 Å². The van der Waals surface area contributed by atoms with E-state index in [2.05, 4.69) is 0 Å². The van der Waals surface area contributed by atoms with Crippen molar-refractivity contribution in [2.75, 3.05) is 12.9 Å². The molecule has 0 saturated carbocycles. The van der Waals surface area contributed by atoms with Gasteiger partial charge in [-0.2, -0.15) is 8.42 Å². The molecule has 23 heavy (non-hydrogen) atoms. The molecule has 138 valence electrons. The van der Waals surface area contributed by atoms with E-state index in [0.29, 0.717) is 13.0 Å². The van der Waals surface area contributed by atoms with E-state index in [1.165, 1.54) is 44.9 Å². The molecule has 0 amide bonds. The number of carbonyl (C=O) groups is 1. The third-order valence-corrected chi connectivity index (χ3v) is 4.43. The van der Waals surface area contributed by atoms with Crippen LogP contribution in [0.2, 0.25) is 0 Å². The van der Waals surface area contributed by atoms with Crippen molar-refractivity contribution in [1.29, 1.82) is 0 Å². The average molecular weight is 351 g/mol. The number of hydrogen-bond donors (Lipinski definition) is 1. The van der Waals surface area contributed by atoms with Crippen molar-refractivity contribution in [3.8, 4) is 0 Å². The molecule has 0 aromatic carbocycles. The van der Waals surface area contributed by atoms with Crippen molar-refractivity contribution in [2.45, 2.75) is 89.9 Å². The Morgan fingerprint density at radius 1 is 0.739 bits per heavy atom. The largest absolute Gasteiger partial charge is 0.481 e.